The quantitative estimate of drug-likeness (QED) is 0.380. The van der Waals surface area contributed by atoms with E-state index in [9.17, 15) is 0 Å². The van der Waals surface area contributed by atoms with Crippen LogP contribution in [-0.2, 0) is 0 Å². The van der Waals surface area contributed by atoms with Gasteiger partial charge in [0.15, 0.2) is 0 Å². The summed E-state index contributed by atoms with van der Waals surface area (Å²) in [5, 5.41) is 6.46. The Labute approximate surface area is 154 Å². The van der Waals surface area contributed by atoms with E-state index in [2.05, 4.69) is 54.5 Å². The van der Waals surface area contributed by atoms with Gasteiger partial charge in [-0.3, -0.25) is 10.0 Å². The van der Waals surface area contributed by atoms with Crippen molar-refractivity contribution in [1.29, 1.82) is 0 Å². The number of benzene rings is 3. The summed E-state index contributed by atoms with van der Waals surface area (Å²) in [5.41, 5.74) is 8.16. The Balaban J connectivity index is 1.69. The van der Waals surface area contributed by atoms with Gasteiger partial charge in [-0.05, 0) is 41.8 Å². The topological polar surface area (TPSA) is 28.0 Å². The van der Waals surface area contributed by atoms with Gasteiger partial charge in [-0.25, -0.2) is 0 Å². The van der Waals surface area contributed by atoms with E-state index in [4.69, 9.17) is 4.99 Å². The van der Waals surface area contributed by atoms with Crippen LogP contribution in [-0.4, -0.2) is 25.5 Å². The molecule has 0 heterocycles. The molecule has 3 nitrogen and oxygen atoms in total. The normalized spacial score (nSPS) is 13.8. The smallest absolute Gasteiger partial charge is 0.0731 e. The molecule has 0 aliphatic heterocycles. The predicted octanol–water partition coefficient (Wildman–Crippen LogP) is 4.99. The van der Waals surface area contributed by atoms with Crippen molar-refractivity contribution in [3.8, 4) is 11.1 Å². The molecule has 0 bridgehead atoms. The van der Waals surface area contributed by atoms with E-state index in [1.807, 2.05) is 48.6 Å². The zero-order valence-corrected chi connectivity index (χ0v) is 15.1. The minimum Gasteiger partial charge on any atom is -0.284 e. The van der Waals surface area contributed by atoms with Gasteiger partial charge < -0.3 is 0 Å². The van der Waals surface area contributed by atoms with Crippen molar-refractivity contribution in [2.24, 2.45) is 10.1 Å². The Morgan fingerprint density at radius 2 is 1.50 bits per heavy atom. The first-order valence-corrected chi connectivity index (χ1v) is 8.89. The summed E-state index contributed by atoms with van der Waals surface area (Å²) in [6, 6.07) is 25.1. The molecule has 3 aromatic rings. The third-order valence-electron chi connectivity index (χ3n) is 4.60. The summed E-state index contributed by atoms with van der Waals surface area (Å²) in [5.74, 6) is 0. The Morgan fingerprint density at radius 1 is 0.808 bits per heavy atom. The summed E-state index contributed by atoms with van der Waals surface area (Å²) >= 11 is 0. The van der Waals surface area contributed by atoms with Crippen LogP contribution in [0.2, 0.25) is 0 Å². The molecule has 3 aromatic carbocycles. The van der Waals surface area contributed by atoms with Crippen LogP contribution >= 0.6 is 0 Å². The zero-order chi connectivity index (χ0) is 17.9. The van der Waals surface area contributed by atoms with E-state index < -0.39 is 0 Å². The lowest BCUT2D eigenvalue weighted by Crippen LogP contribution is -2.08. The van der Waals surface area contributed by atoms with Gasteiger partial charge in [0.1, 0.15) is 0 Å². The highest BCUT2D eigenvalue weighted by Gasteiger charge is 2.24. The van der Waals surface area contributed by atoms with Crippen LogP contribution in [0.5, 0.6) is 0 Å². The summed E-state index contributed by atoms with van der Waals surface area (Å²) in [6.45, 7) is 2.86. The van der Waals surface area contributed by atoms with Crippen molar-refractivity contribution >= 4 is 17.6 Å². The molecule has 0 unspecified atom stereocenters. The lowest BCUT2D eigenvalue weighted by atomic mass is 10.0. The molecule has 26 heavy (non-hydrogen) atoms. The molecule has 0 aromatic heterocycles. The highest BCUT2D eigenvalue weighted by molar-refractivity contribution is 6.24. The van der Waals surface area contributed by atoms with Crippen molar-refractivity contribution in [3.05, 3.63) is 89.5 Å². The molecule has 0 atom stereocenters. The Kier molecular flexibility index (Phi) is 4.36. The molecule has 1 aliphatic rings. The van der Waals surface area contributed by atoms with E-state index in [1.165, 1.54) is 22.3 Å². The molecule has 128 valence electrons. The molecule has 0 saturated heterocycles. The fourth-order valence-corrected chi connectivity index (χ4v) is 3.33. The SMILES string of the molecule is CCN=C1c2ccccc2-c2cc(/C=N\N(C)c3ccccc3)ccc21. The van der Waals surface area contributed by atoms with Crippen molar-refractivity contribution in [1.82, 2.24) is 0 Å². The minimum atomic E-state index is 0.786. The van der Waals surface area contributed by atoms with E-state index in [0.717, 1.165) is 23.5 Å². The molecule has 3 heteroatoms. The van der Waals surface area contributed by atoms with Gasteiger partial charge in [-0.1, -0.05) is 54.6 Å². The molecular formula is C23H21N3. The summed E-state index contributed by atoms with van der Waals surface area (Å²) < 4.78 is 0. The third kappa shape index (κ3) is 2.92. The van der Waals surface area contributed by atoms with Crippen LogP contribution in [0.15, 0.2) is 82.9 Å². The second-order valence-corrected chi connectivity index (χ2v) is 6.28. The fraction of sp³-hybridized carbons (Fsp3) is 0.130. The molecule has 0 spiro atoms. The Morgan fingerprint density at radius 3 is 2.27 bits per heavy atom. The Hall–Kier alpha value is -3.20. The average molecular weight is 339 g/mol. The fourth-order valence-electron chi connectivity index (χ4n) is 3.33. The van der Waals surface area contributed by atoms with Crippen LogP contribution < -0.4 is 5.01 Å². The number of fused-ring (bicyclic) bond motifs is 3. The second-order valence-electron chi connectivity index (χ2n) is 6.28. The number of anilines is 1. The molecule has 0 N–H and O–H groups in total. The summed E-state index contributed by atoms with van der Waals surface area (Å²) in [6.07, 6.45) is 1.91. The molecular weight excluding hydrogens is 318 g/mol. The zero-order valence-electron chi connectivity index (χ0n) is 15.1. The van der Waals surface area contributed by atoms with Gasteiger partial charge in [0, 0.05) is 24.7 Å². The first-order chi connectivity index (χ1) is 12.8. The van der Waals surface area contributed by atoms with Crippen molar-refractivity contribution in [3.63, 3.8) is 0 Å². The van der Waals surface area contributed by atoms with E-state index >= 15 is 0 Å². The van der Waals surface area contributed by atoms with E-state index in [-0.39, 0.29) is 0 Å². The molecule has 0 saturated carbocycles. The summed E-state index contributed by atoms with van der Waals surface area (Å²) in [7, 11) is 1.96. The van der Waals surface area contributed by atoms with Crippen LogP contribution in [0.1, 0.15) is 23.6 Å². The number of hydrogen-bond donors (Lipinski definition) is 0. The first-order valence-electron chi connectivity index (χ1n) is 8.89. The van der Waals surface area contributed by atoms with Gasteiger partial charge in [-0.2, -0.15) is 5.10 Å². The van der Waals surface area contributed by atoms with Gasteiger partial charge >= 0.3 is 0 Å². The van der Waals surface area contributed by atoms with Crippen LogP contribution in [0, 0.1) is 0 Å². The number of para-hydroxylation sites is 1. The lowest BCUT2D eigenvalue weighted by molar-refractivity contribution is 1.02. The molecule has 0 radical (unpaired) electrons. The maximum absolute atomic E-state index is 4.72. The second kappa shape index (κ2) is 6.96. The van der Waals surface area contributed by atoms with Crippen LogP contribution in [0.4, 0.5) is 5.69 Å². The average Bonchev–Trinajstić information content (AvgIpc) is 3.01. The number of rotatable bonds is 4. The van der Waals surface area contributed by atoms with E-state index in [0.29, 0.717) is 0 Å². The molecule has 4 rings (SSSR count). The van der Waals surface area contributed by atoms with Crippen LogP contribution in [0.25, 0.3) is 11.1 Å². The number of nitrogens with zero attached hydrogens (tertiary/aromatic N) is 3. The van der Waals surface area contributed by atoms with E-state index in [1.54, 1.807) is 0 Å². The first kappa shape index (κ1) is 16.3. The van der Waals surface area contributed by atoms with Gasteiger partial charge in [0.05, 0.1) is 17.6 Å². The standard InChI is InChI=1S/C23H21N3/c1-3-24-23-20-12-8-7-11-19(20)22-15-17(13-14-21(22)23)16-25-26(2)18-9-5-4-6-10-18/h4-16H,3H2,1-2H3/b24-23?,25-16-. The lowest BCUT2D eigenvalue weighted by Gasteiger charge is -2.12. The maximum atomic E-state index is 4.72. The monoisotopic (exact) mass is 339 g/mol. The Bertz CT molecular complexity index is 987. The molecule has 0 fully saturated rings. The highest BCUT2D eigenvalue weighted by Crippen LogP contribution is 2.37. The molecule has 1 aliphatic carbocycles. The maximum Gasteiger partial charge on any atom is 0.0731 e. The van der Waals surface area contributed by atoms with Gasteiger partial charge in [0.25, 0.3) is 0 Å². The van der Waals surface area contributed by atoms with Crippen LogP contribution in [0.3, 0.4) is 0 Å². The van der Waals surface area contributed by atoms with Gasteiger partial charge in [-0.15, -0.1) is 0 Å². The molecule has 0 amide bonds. The highest BCUT2D eigenvalue weighted by atomic mass is 15.4. The number of aliphatic imine (C=N–C) groups is 1. The van der Waals surface area contributed by atoms with Gasteiger partial charge in [0.2, 0.25) is 0 Å². The third-order valence-corrected chi connectivity index (χ3v) is 4.60. The largest absolute Gasteiger partial charge is 0.284 e. The van der Waals surface area contributed by atoms with Crippen molar-refractivity contribution in [2.75, 3.05) is 18.6 Å². The number of hydrazone groups is 1. The van der Waals surface area contributed by atoms with Crippen molar-refractivity contribution < 1.29 is 0 Å². The number of hydrogen-bond acceptors (Lipinski definition) is 3. The van der Waals surface area contributed by atoms with Crippen molar-refractivity contribution in [2.45, 2.75) is 6.92 Å². The minimum absolute atomic E-state index is 0.786. The predicted molar refractivity (Wildman–Crippen MR) is 110 cm³/mol. The summed E-state index contributed by atoms with van der Waals surface area (Å²) in [4.78, 5) is 4.72.